The van der Waals surface area contributed by atoms with Crippen LogP contribution in [-0.4, -0.2) is 51.8 Å². The molecular formula is C16H18N4O3S. The molecule has 1 fully saturated rings. The van der Waals surface area contributed by atoms with Gasteiger partial charge in [0.1, 0.15) is 5.56 Å². The summed E-state index contributed by atoms with van der Waals surface area (Å²) < 4.78 is 8.26. The van der Waals surface area contributed by atoms with Crippen LogP contribution in [0.4, 0.5) is 0 Å². The first-order valence-electron chi connectivity index (χ1n) is 7.56. The molecule has 3 rings (SSSR count). The lowest BCUT2D eigenvalue weighted by Crippen LogP contribution is -2.33. The number of benzene rings is 1. The minimum atomic E-state index is -0.404. The summed E-state index contributed by atoms with van der Waals surface area (Å²) in [6, 6.07) is 9.09. The minimum Gasteiger partial charge on any atom is -0.494 e. The number of nitrogens with zero attached hydrogens (tertiary/aromatic N) is 4. The van der Waals surface area contributed by atoms with Crippen molar-refractivity contribution in [2.75, 3.05) is 26.3 Å². The fourth-order valence-corrected chi connectivity index (χ4v) is 2.73. The van der Waals surface area contributed by atoms with Crippen molar-refractivity contribution in [3.8, 4) is 11.6 Å². The Labute approximate surface area is 144 Å². The van der Waals surface area contributed by atoms with Gasteiger partial charge in [-0.15, -0.1) is 0 Å². The zero-order chi connectivity index (χ0) is 17.1. The Bertz CT molecular complexity index is 867. The summed E-state index contributed by atoms with van der Waals surface area (Å²) in [5.74, 6) is -0.200. The normalized spacial score (nSPS) is 15.1. The summed E-state index contributed by atoms with van der Waals surface area (Å²) in [7, 11) is 1.61. The van der Waals surface area contributed by atoms with E-state index >= 15 is 0 Å². The quantitative estimate of drug-likeness (QED) is 0.669. The maximum atomic E-state index is 12.8. The Morgan fingerprint density at radius 1 is 1.25 bits per heavy atom. The second-order valence-corrected chi connectivity index (χ2v) is 5.73. The lowest BCUT2D eigenvalue weighted by atomic mass is 10.3. The smallest absolute Gasteiger partial charge is 0.271 e. The van der Waals surface area contributed by atoms with Crippen LogP contribution in [0, 0.1) is 4.77 Å². The van der Waals surface area contributed by atoms with Crippen LogP contribution in [0.25, 0.3) is 5.69 Å². The number of aromatic hydroxyl groups is 1. The van der Waals surface area contributed by atoms with Gasteiger partial charge in [0.2, 0.25) is 5.88 Å². The Morgan fingerprint density at radius 3 is 2.58 bits per heavy atom. The third-order valence-electron chi connectivity index (χ3n) is 3.82. The first kappa shape index (κ1) is 16.4. The van der Waals surface area contributed by atoms with Crippen molar-refractivity contribution in [1.82, 2.24) is 14.1 Å². The molecule has 2 heterocycles. The van der Waals surface area contributed by atoms with Crippen molar-refractivity contribution >= 4 is 18.4 Å². The summed E-state index contributed by atoms with van der Waals surface area (Å²) in [4.78, 5) is 12.8. The molecule has 1 aromatic heterocycles. The molecular weight excluding hydrogens is 328 g/mol. The summed E-state index contributed by atoms with van der Waals surface area (Å²) in [6.07, 6.45) is 1.39. The van der Waals surface area contributed by atoms with Gasteiger partial charge >= 0.3 is 0 Å². The maximum Gasteiger partial charge on any atom is 0.271 e. The van der Waals surface area contributed by atoms with Crippen molar-refractivity contribution < 1.29 is 9.84 Å². The number of para-hydroxylation sites is 1. The van der Waals surface area contributed by atoms with E-state index in [9.17, 15) is 9.90 Å². The number of hydrazone groups is 1. The second-order valence-electron chi connectivity index (χ2n) is 5.37. The Balaban J connectivity index is 2.10. The third kappa shape index (κ3) is 3.10. The van der Waals surface area contributed by atoms with Crippen LogP contribution < -0.4 is 5.56 Å². The van der Waals surface area contributed by atoms with E-state index in [-0.39, 0.29) is 16.2 Å². The van der Waals surface area contributed by atoms with Crippen LogP contribution in [0.5, 0.6) is 5.88 Å². The van der Waals surface area contributed by atoms with Crippen molar-refractivity contribution in [3.05, 3.63) is 51.0 Å². The van der Waals surface area contributed by atoms with Gasteiger partial charge in [-0.1, -0.05) is 18.2 Å². The molecule has 0 radical (unpaired) electrons. The Kier molecular flexibility index (Phi) is 4.77. The van der Waals surface area contributed by atoms with Gasteiger partial charge in [0.15, 0.2) is 4.77 Å². The highest BCUT2D eigenvalue weighted by Gasteiger charge is 2.15. The maximum absolute atomic E-state index is 12.8. The average Bonchev–Trinajstić information content (AvgIpc) is 2.62. The Hall–Kier alpha value is -2.45. The van der Waals surface area contributed by atoms with Crippen molar-refractivity contribution in [3.63, 3.8) is 0 Å². The van der Waals surface area contributed by atoms with E-state index in [1.165, 1.54) is 15.3 Å². The number of ether oxygens (including phenoxy) is 1. The molecule has 1 aromatic carbocycles. The van der Waals surface area contributed by atoms with E-state index in [1.54, 1.807) is 24.2 Å². The predicted molar refractivity (Wildman–Crippen MR) is 93.5 cm³/mol. The van der Waals surface area contributed by atoms with Crippen molar-refractivity contribution in [2.45, 2.75) is 0 Å². The second kappa shape index (κ2) is 6.98. The van der Waals surface area contributed by atoms with E-state index in [0.29, 0.717) is 32.0 Å². The summed E-state index contributed by atoms with van der Waals surface area (Å²) in [5.41, 5.74) is 0.337. The predicted octanol–water partition coefficient (Wildman–Crippen LogP) is 1.28. The topological polar surface area (TPSA) is 72.0 Å². The van der Waals surface area contributed by atoms with E-state index in [2.05, 4.69) is 5.10 Å². The molecule has 0 amide bonds. The zero-order valence-corrected chi connectivity index (χ0v) is 14.1. The highest BCUT2D eigenvalue weighted by Crippen LogP contribution is 2.14. The molecule has 0 unspecified atom stereocenters. The summed E-state index contributed by atoms with van der Waals surface area (Å²) >= 11 is 5.31. The number of aromatic nitrogens is 2. The largest absolute Gasteiger partial charge is 0.494 e. The van der Waals surface area contributed by atoms with Crippen LogP contribution in [0.2, 0.25) is 0 Å². The zero-order valence-electron chi connectivity index (χ0n) is 13.3. The third-order valence-corrected chi connectivity index (χ3v) is 4.28. The average molecular weight is 346 g/mol. The first-order chi connectivity index (χ1) is 11.6. The van der Waals surface area contributed by atoms with Crippen molar-refractivity contribution in [2.24, 2.45) is 12.1 Å². The van der Waals surface area contributed by atoms with Gasteiger partial charge in [-0.05, 0) is 24.4 Å². The van der Waals surface area contributed by atoms with Crippen LogP contribution in [0.3, 0.4) is 0 Å². The van der Waals surface area contributed by atoms with Gasteiger partial charge in [0.05, 0.1) is 38.2 Å². The van der Waals surface area contributed by atoms with Gasteiger partial charge in [-0.25, -0.2) is 0 Å². The molecule has 126 valence electrons. The van der Waals surface area contributed by atoms with Gasteiger partial charge in [-0.2, -0.15) is 5.10 Å². The molecule has 0 bridgehead atoms. The molecule has 8 heteroatoms. The van der Waals surface area contributed by atoms with Gasteiger partial charge in [0.25, 0.3) is 5.56 Å². The lowest BCUT2D eigenvalue weighted by Gasteiger charge is -2.23. The van der Waals surface area contributed by atoms with Gasteiger partial charge in [0, 0.05) is 7.05 Å². The van der Waals surface area contributed by atoms with E-state index in [4.69, 9.17) is 17.0 Å². The Morgan fingerprint density at radius 2 is 1.92 bits per heavy atom. The van der Waals surface area contributed by atoms with Crippen molar-refractivity contribution in [1.29, 1.82) is 0 Å². The summed E-state index contributed by atoms with van der Waals surface area (Å²) in [6.45, 7) is 2.48. The van der Waals surface area contributed by atoms with E-state index in [0.717, 1.165) is 0 Å². The fourth-order valence-electron chi connectivity index (χ4n) is 2.45. The molecule has 1 N–H and O–H groups in total. The number of morpholine rings is 1. The standard InChI is InChI=1S/C16H18N4O3S/c1-18-14(21)13(11-17-19-7-9-23-10-8-19)15(22)20(16(18)24)12-5-3-2-4-6-12/h2-6,11,21H,7-10H2,1H3. The van der Waals surface area contributed by atoms with Crippen LogP contribution in [-0.2, 0) is 11.8 Å². The molecule has 1 saturated heterocycles. The minimum absolute atomic E-state index is 0.0986. The van der Waals surface area contributed by atoms with E-state index in [1.807, 2.05) is 18.2 Å². The number of rotatable bonds is 3. The fraction of sp³-hybridized carbons (Fsp3) is 0.312. The summed E-state index contributed by atoms with van der Waals surface area (Å²) in [5, 5.41) is 16.4. The van der Waals surface area contributed by atoms with Crippen LogP contribution >= 0.6 is 12.2 Å². The number of hydrogen-bond donors (Lipinski definition) is 1. The molecule has 7 nitrogen and oxygen atoms in total. The molecule has 1 aliphatic heterocycles. The molecule has 0 saturated carbocycles. The van der Waals surface area contributed by atoms with Gasteiger partial charge in [-0.3, -0.25) is 18.9 Å². The molecule has 1 aliphatic rings. The molecule has 0 spiro atoms. The van der Waals surface area contributed by atoms with Gasteiger partial charge < -0.3 is 9.84 Å². The highest BCUT2D eigenvalue weighted by molar-refractivity contribution is 7.71. The van der Waals surface area contributed by atoms with Crippen LogP contribution in [0.15, 0.2) is 40.2 Å². The first-order valence-corrected chi connectivity index (χ1v) is 7.97. The highest BCUT2D eigenvalue weighted by atomic mass is 32.1. The molecule has 0 aliphatic carbocycles. The monoisotopic (exact) mass is 346 g/mol. The van der Waals surface area contributed by atoms with E-state index < -0.39 is 5.56 Å². The molecule has 0 atom stereocenters. The van der Waals surface area contributed by atoms with Crippen LogP contribution in [0.1, 0.15) is 5.56 Å². The number of hydrogen-bond acceptors (Lipinski definition) is 6. The molecule has 24 heavy (non-hydrogen) atoms. The molecule has 2 aromatic rings. The lowest BCUT2D eigenvalue weighted by molar-refractivity contribution is 0.0396. The SMILES string of the molecule is Cn1c(O)c(C=NN2CCOCC2)c(=O)n(-c2ccccc2)c1=S.